The Morgan fingerprint density at radius 2 is 1.55 bits per heavy atom. The van der Waals surface area contributed by atoms with Gasteiger partial charge in [-0.25, -0.2) is 9.18 Å². The first-order valence-corrected chi connectivity index (χ1v) is 8.47. The minimum absolute atomic E-state index is 0.0815. The third-order valence-corrected chi connectivity index (χ3v) is 3.93. The van der Waals surface area contributed by atoms with Gasteiger partial charge in [-0.15, -0.1) is 0 Å². The van der Waals surface area contributed by atoms with Crippen LogP contribution >= 0.6 is 0 Å². The molecule has 0 heterocycles. The molecule has 3 rings (SSSR count). The zero-order valence-electron chi connectivity index (χ0n) is 14.9. The van der Waals surface area contributed by atoms with E-state index in [-0.39, 0.29) is 17.2 Å². The number of hydrogen-bond acceptors (Lipinski definition) is 5. The molecule has 0 fully saturated rings. The van der Waals surface area contributed by atoms with E-state index in [1.54, 1.807) is 6.07 Å². The summed E-state index contributed by atoms with van der Waals surface area (Å²) in [4.78, 5) is 34.5. The molecule has 0 aliphatic rings. The number of nitrogens with zero attached hydrogens (tertiary/aromatic N) is 1. The molecule has 6 nitrogen and oxygen atoms in total. The lowest BCUT2D eigenvalue weighted by atomic mass is 10.0. The molecule has 144 valence electrons. The number of carbonyl (C=O) groups excluding carboxylic acids is 2. The van der Waals surface area contributed by atoms with E-state index < -0.39 is 16.7 Å². The largest absolute Gasteiger partial charge is 0.423 e. The quantitative estimate of drug-likeness (QED) is 0.153. The Labute approximate surface area is 165 Å². The molecular formula is C22H14FNO5. The molecule has 0 aromatic heterocycles. The van der Waals surface area contributed by atoms with Crippen LogP contribution in [-0.4, -0.2) is 16.7 Å². The number of esters is 1. The van der Waals surface area contributed by atoms with Crippen molar-refractivity contribution in [2.45, 2.75) is 0 Å². The molecule has 0 amide bonds. The number of ketones is 1. The molecule has 0 aliphatic heterocycles. The van der Waals surface area contributed by atoms with Crippen molar-refractivity contribution in [1.82, 2.24) is 0 Å². The Kier molecular flexibility index (Phi) is 5.89. The molecule has 0 bridgehead atoms. The molecule has 0 aliphatic carbocycles. The highest BCUT2D eigenvalue weighted by molar-refractivity contribution is 6.09. The second kappa shape index (κ2) is 8.71. The highest BCUT2D eigenvalue weighted by Crippen LogP contribution is 2.17. The lowest BCUT2D eigenvalue weighted by molar-refractivity contribution is -0.384. The Hall–Kier alpha value is -4.13. The van der Waals surface area contributed by atoms with E-state index in [1.807, 2.05) is 0 Å². The van der Waals surface area contributed by atoms with E-state index in [2.05, 4.69) is 0 Å². The molecule has 0 saturated heterocycles. The Morgan fingerprint density at radius 1 is 0.931 bits per heavy atom. The summed E-state index contributed by atoms with van der Waals surface area (Å²) in [7, 11) is 0. The summed E-state index contributed by atoms with van der Waals surface area (Å²) >= 11 is 0. The van der Waals surface area contributed by atoms with Crippen molar-refractivity contribution in [2.24, 2.45) is 0 Å². The molecule has 7 heteroatoms. The zero-order chi connectivity index (χ0) is 20.8. The van der Waals surface area contributed by atoms with Crippen LogP contribution in [-0.2, 0) is 4.79 Å². The molecule has 0 unspecified atom stereocenters. The molecular weight excluding hydrogens is 377 g/mol. The number of carbonyl (C=O) groups is 2. The van der Waals surface area contributed by atoms with Gasteiger partial charge in [0.1, 0.15) is 11.6 Å². The first-order chi connectivity index (χ1) is 13.9. The van der Waals surface area contributed by atoms with Crippen molar-refractivity contribution in [2.75, 3.05) is 0 Å². The van der Waals surface area contributed by atoms with E-state index in [4.69, 9.17) is 4.74 Å². The fraction of sp³-hybridized carbons (Fsp3) is 0. The summed E-state index contributed by atoms with van der Waals surface area (Å²) in [6.45, 7) is 0. The highest BCUT2D eigenvalue weighted by Gasteiger charge is 2.10. The number of nitro benzene ring substituents is 1. The normalized spacial score (nSPS) is 10.7. The van der Waals surface area contributed by atoms with Crippen LogP contribution in [0.1, 0.15) is 21.5 Å². The summed E-state index contributed by atoms with van der Waals surface area (Å²) < 4.78 is 18.1. The lowest BCUT2D eigenvalue weighted by Crippen LogP contribution is -2.05. The van der Waals surface area contributed by atoms with Crippen LogP contribution in [0, 0.1) is 15.9 Å². The van der Waals surface area contributed by atoms with E-state index >= 15 is 0 Å². The van der Waals surface area contributed by atoms with Crippen LogP contribution in [0.4, 0.5) is 10.1 Å². The summed E-state index contributed by atoms with van der Waals surface area (Å²) in [6.07, 6.45) is 2.55. The Balaban J connectivity index is 1.64. The molecule has 0 saturated carbocycles. The SMILES string of the molecule is O=C(/C=C/c1cccc([N+](=O)[O-])c1)Oc1ccc(C(=O)c2ccc(F)cc2)cc1. The average Bonchev–Trinajstić information content (AvgIpc) is 2.73. The smallest absolute Gasteiger partial charge is 0.336 e. The van der Waals surface area contributed by atoms with Crippen LogP contribution in [0.25, 0.3) is 6.08 Å². The molecule has 0 atom stereocenters. The topological polar surface area (TPSA) is 86.5 Å². The average molecular weight is 391 g/mol. The maximum atomic E-state index is 13.0. The fourth-order valence-corrected chi connectivity index (χ4v) is 2.50. The van der Waals surface area contributed by atoms with Gasteiger partial charge < -0.3 is 4.74 Å². The zero-order valence-corrected chi connectivity index (χ0v) is 14.9. The molecule has 0 N–H and O–H groups in total. The van der Waals surface area contributed by atoms with Crippen molar-refractivity contribution < 1.29 is 23.6 Å². The van der Waals surface area contributed by atoms with Gasteiger partial charge in [0.05, 0.1) is 4.92 Å². The van der Waals surface area contributed by atoms with Gasteiger partial charge in [-0.05, 0) is 60.2 Å². The Bertz CT molecular complexity index is 1090. The maximum absolute atomic E-state index is 13.0. The van der Waals surface area contributed by atoms with Crippen molar-refractivity contribution in [3.63, 3.8) is 0 Å². The van der Waals surface area contributed by atoms with E-state index in [9.17, 15) is 24.1 Å². The number of ether oxygens (including phenoxy) is 1. The third kappa shape index (κ3) is 5.20. The number of nitro groups is 1. The predicted octanol–water partition coefficient (Wildman–Crippen LogP) is 4.58. The molecule has 3 aromatic rings. The minimum atomic E-state index is -0.672. The maximum Gasteiger partial charge on any atom is 0.336 e. The van der Waals surface area contributed by atoms with Crippen LogP contribution in [0.15, 0.2) is 78.9 Å². The second-order valence-electron chi connectivity index (χ2n) is 5.97. The highest BCUT2D eigenvalue weighted by atomic mass is 19.1. The molecule has 0 radical (unpaired) electrons. The number of halogens is 1. The number of benzene rings is 3. The van der Waals surface area contributed by atoms with Gasteiger partial charge in [-0.3, -0.25) is 14.9 Å². The van der Waals surface area contributed by atoms with Gasteiger partial charge in [0.15, 0.2) is 5.78 Å². The number of rotatable bonds is 6. The van der Waals surface area contributed by atoms with Crippen LogP contribution in [0.3, 0.4) is 0 Å². The van der Waals surface area contributed by atoms with Gasteiger partial charge in [-0.1, -0.05) is 12.1 Å². The summed E-state index contributed by atoms with van der Waals surface area (Å²) in [5.74, 6) is -1.15. The van der Waals surface area contributed by atoms with Crippen molar-refractivity contribution in [3.8, 4) is 5.75 Å². The predicted molar refractivity (Wildman–Crippen MR) is 104 cm³/mol. The monoisotopic (exact) mass is 391 g/mol. The van der Waals surface area contributed by atoms with Crippen molar-refractivity contribution in [1.29, 1.82) is 0 Å². The van der Waals surface area contributed by atoms with Crippen LogP contribution < -0.4 is 4.74 Å². The van der Waals surface area contributed by atoms with E-state index in [1.165, 1.54) is 72.8 Å². The summed E-state index contributed by atoms with van der Waals surface area (Å²) in [5, 5.41) is 10.8. The first kappa shape index (κ1) is 19.6. The number of hydrogen-bond donors (Lipinski definition) is 0. The molecule has 29 heavy (non-hydrogen) atoms. The van der Waals surface area contributed by atoms with Gasteiger partial charge in [0.25, 0.3) is 5.69 Å². The van der Waals surface area contributed by atoms with Gasteiger partial charge in [0, 0.05) is 29.3 Å². The molecule has 0 spiro atoms. The van der Waals surface area contributed by atoms with Gasteiger partial charge in [-0.2, -0.15) is 0 Å². The third-order valence-electron chi connectivity index (χ3n) is 3.93. The van der Waals surface area contributed by atoms with Gasteiger partial charge in [0.2, 0.25) is 0 Å². The second-order valence-corrected chi connectivity index (χ2v) is 5.97. The van der Waals surface area contributed by atoms with E-state index in [0.29, 0.717) is 16.7 Å². The van der Waals surface area contributed by atoms with E-state index in [0.717, 1.165) is 6.08 Å². The van der Waals surface area contributed by atoms with Gasteiger partial charge >= 0.3 is 5.97 Å². The lowest BCUT2D eigenvalue weighted by Gasteiger charge is -2.04. The van der Waals surface area contributed by atoms with Crippen LogP contribution in [0.5, 0.6) is 5.75 Å². The first-order valence-electron chi connectivity index (χ1n) is 8.47. The minimum Gasteiger partial charge on any atom is -0.423 e. The number of non-ortho nitro benzene ring substituents is 1. The summed E-state index contributed by atoms with van der Waals surface area (Å²) in [6, 6.07) is 16.9. The fourth-order valence-electron chi connectivity index (χ4n) is 2.50. The Morgan fingerprint density at radius 3 is 2.17 bits per heavy atom. The summed E-state index contributed by atoms with van der Waals surface area (Å²) in [5.41, 5.74) is 1.11. The molecule has 3 aromatic carbocycles. The standard InChI is InChI=1S/C22H14FNO5/c23-18-9-5-16(6-10-18)22(26)17-7-11-20(12-8-17)29-21(25)13-4-15-2-1-3-19(14-15)24(27)28/h1-14H/b13-4+. The van der Waals surface area contributed by atoms with Crippen LogP contribution in [0.2, 0.25) is 0 Å². The van der Waals surface area contributed by atoms with Crippen molar-refractivity contribution >= 4 is 23.5 Å². The van der Waals surface area contributed by atoms with Crippen molar-refractivity contribution in [3.05, 3.63) is 111 Å².